The van der Waals surface area contributed by atoms with Crippen LogP contribution in [-0.4, -0.2) is 28.5 Å². The third-order valence-corrected chi connectivity index (χ3v) is 5.60. The first kappa shape index (κ1) is 21.2. The number of nitriles is 1. The van der Waals surface area contributed by atoms with Gasteiger partial charge in [0.05, 0.1) is 16.5 Å². The smallest absolute Gasteiger partial charge is 0.294 e. The summed E-state index contributed by atoms with van der Waals surface area (Å²) in [6.45, 7) is 1.52. The number of thioether (sulfide) groups is 1. The highest BCUT2D eigenvalue weighted by Gasteiger charge is 2.36. The highest BCUT2D eigenvalue weighted by Crippen LogP contribution is 2.33. The van der Waals surface area contributed by atoms with E-state index in [9.17, 15) is 19.6 Å². The number of hydrogen-bond acceptors (Lipinski definition) is 6. The van der Waals surface area contributed by atoms with E-state index in [-0.39, 0.29) is 11.4 Å². The summed E-state index contributed by atoms with van der Waals surface area (Å²) < 4.78 is 5.76. The van der Waals surface area contributed by atoms with Crippen LogP contribution in [0.3, 0.4) is 0 Å². The molecule has 0 bridgehead atoms. The number of aryl methyl sites for hydroxylation is 1. The van der Waals surface area contributed by atoms with Crippen molar-refractivity contribution < 1.29 is 18.8 Å². The van der Waals surface area contributed by atoms with Gasteiger partial charge in [0.2, 0.25) is 5.91 Å². The van der Waals surface area contributed by atoms with Crippen LogP contribution in [0.2, 0.25) is 0 Å². The van der Waals surface area contributed by atoms with Gasteiger partial charge in [-0.2, -0.15) is 5.26 Å². The average Bonchev–Trinajstić information content (AvgIpc) is 3.34. The van der Waals surface area contributed by atoms with Gasteiger partial charge in [-0.1, -0.05) is 24.3 Å². The minimum atomic E-state index is -0.560. The summed E-state index contributed by atoms with van der Waals surface area (Å²) in [5.41, 5.74) is 2.68. The van der Waals surface area contributed by atoms with Crippen molar-refractivity contribution in [3.8, 4) is 17.4 Å². The summed E-state index contributed by atoms with van der Waals surface area (Å²) in [5.74, 6) is -0.185. The van der Waals surface area contributed by atoms with Gasteiger partial charge in [0.25, 0.3) is 11.1 Å². The predicted molar refractivity (Wildman–Crippen MR) is 121 cm³/mol. The summed E-state index contributed by atoms with van der Waals surface area (Å²) in [6.07, 6.45) is 1.46. The molecule has 1 aromatic heterocycles. The Balaban J connectivity index is 1.47. The fraction of sp³-hybridized carbons (Fsp3) is 0.0833. The van der Waals surface area contributed by atoms with E-state index in [2.05, 4.69) is 11.4 Å². The molecule has 0 radical (unpaired) electrons. The third kappa shape index (κ3) is 4.48. The SMILES string of the molecule is Cc1cccc(NC(=O)CN2C(=O)S/C(=C/c3ccc(-c4ccccc4C#N)o3)C2=O)c1. The monoisotopic (exact) mass is 443 g/mol. The molecular formula is C24H17N3O4S. The number of furan rings is 1. The molecule has 0 spiro atoms. The zero-order valence-electron chi connectivity index (χ0n) is 17.0. The standard InChI is InChI=1S/C24H17N3O4S/c1-15-5-4-7-17(11-15)26-22(28)14-27-23(29)21(32-24(27)30)12-18-9-10-20(31-18)19-8-3-2-6-16(19)13-25/h2-12H,14H2,1H3,(H,26,28)/b21-12+. The van der Waals surface area contributed by atoms with Crippen LogP contribution in [0.1, 0.15) is 16.9 Å². The molecule has 0 atom stereocenters. The van der Waals surface area contributed by atoms with Crippen molar-refractivity contribution in [2.75, 3.05) is 11.9 Å². The first-order chi connectivity index (χ1) is 15.4. The first-order valence-corrected chi connectivity index (χ1v) is 10.5. The molecule has 7 nitrogen and oxygen atoms in total. The number of rotatable bonds is 5. The number of benzene rings is 2. The molecule has 4 rings (SSSR count). The van der Waals surface area contributed by atoms with Crippen LogP contribution < -0.4 is 5.32 Å². The van der Waals surface area contributed by atoms with Crippen molar-refractivity contribution in [3.63, 3.8) is 0 Å². The molecule has 0 unspecified atom stereocenters. The highest BCUT2D eigenvalue weighted by molar-refractivity contribution is 8.18. The number of nitrogens with one attached hydrogen (secondary N) is 1. The van der Waals surface area contributed by atoms with Crippen LogP contribution in [0.5, 0.6) is 0 Å². The van der Waals surface area contributed by atoms with Gasteiger partial charge in [0.1, 0.15) is 18.1 Å². The molecule has 0 saturated carbocycles. The normalized spacial score (nSPS) is 14.6. The van der Waals surface area contributed by atoms with Crippen molar-refractivity contribution in [3.05, 3.63) is 82.5 Å². The van der Waals surface area contributed by atoms with E-state index < -0.39 is 17.1 Å². The minimum absolute atomic E-state index is 0.160. The largest absolute Gasteiger partial charge is 0.457 e. The highest BCUT2D eigenvalue weighted by atomic mass is 32.2. The lowest BCUT2D eigenvalue weighted by atomic mass is 10.1. The molecule has 1 aliphatic heterocycles. The third-order valence-electron chi connectivity index (χ3n) is 4.69. The molecule has 158 valence electrons. The van der Waals surface area contributed by atoms with E-state index in [4.69, 9.17) is 4.42 Å². The molecule has 1 saturated heterocycles. The van der Waals surface area contributed by atoms with E-state index in [0.29, 0.717) is 28.3 Å². The van der Waals surface area contributed by atoms with Gasteiger partial charge in [-0.05, 0) is 60.6 Å². The van der Waals surface area contributed by atoms with E-state index >= 15 is 0 Å². The summed E-state index contributed by atoms with van der Waals surface area (Å²) in [4.78, 5) is 38.4. The molecule has 1 N–H and O–H groups in total. The second-order valence-corrected chi connectivity index (χ2v) is 8.04. The van der Waals surface area contributed by atoms with Gasteiger partial charge in [0, 0.05) is 17.3 Å². The van der Waals surface area contributed by atoms with Crippen LogP contribution in [-0.2, 0) is 9.59 Å². The van der Waals surface area contributed by atoms with Crippen molar-refractivity contribution in [2.45, 2.75) is 6.92 Å². The maximum absolute atomic E-state index is 12.7. The van der Waals surface area contributed by atoms with Gasteiger partial charge in [-0.3, -0.25) is 19.3 Å². The van der Waals surface area contributed by atoms with Crippen molar-refractivity contribution >= 4 is 40.6 Å². The molecule has 1 aliphatic rings. The number of amides is 3. The van der Waals surface area contributed by atoms with E-state index in [1.807, 2.05) is 13.0 Å². The lowest BCUT2D eigenvalue weighted by Crippen LogP contribution is -2.36. The van der Waals surface area contributed by atoms with E-state index in [1.165, 1.54) is 6.08 Å². The number of nitrogens with zero attached hydrogens (tertiary/aromatic N) is 2. The molecule has 2 aromatic carbocycles. The molecule has 3 aromatic rings. The fourth-order valence-corrected chi connectivity index (χ4v) is 4.02. The topological polar surface area (TPSA) is 103 Å². The zero-order chi connectivity index (χ0) is 22.7. The maximum Gasteiger partial charge on any atom is 0.294 e. The summed E-state index contributed by atoms with van der Waals surface area (Å²) in [6, 6.07) is 19.7. The van der Waals surface area contributed by atoms with E-state index in [0.717, 1.165) is 22.2 Å². The molecule has 8 heteroatoms. The Bertz CT molecular complexity index is 1300. The lowest BCUT2D eigenvalue weighted by Gasteiger charge is -2.12. The molecule has 3 amide bonds. The van der Waals surface area contributed by atoms with Gasteiger partial charge in [0.15, 0.2) is 0 Å². The molecule has 32 heavy (non-hydrogen) atoms. The quantitative estimate of drug-likeness (QED) is 0.568. The molecule has 1 fully saturated rings. The van der Waals surface area contributed by atoms with Gasteiger partial charge in [-0.25, -0.2) is 0 Å². The maximum atomic E-state index is 12.7. The summed E-state index contributed by atoms with van der Waals surface area (Å²) in [5, 5.41) is 11.4. The zero-order valence-corrected chi connectivity index (χ0v) is 17.8. The van der Waals surface area contributed by atoms with Crippen LogP contribution in [0.25, 0.3) is 17.4 Å². The first-order valence-electron chi connectivity index (χ1n) is 9.66. The Hall–Kier alpha value is -4.09. The Morgan fingerprint density at radius 2 is 1.97 bits per heavy atom. The number of hydrogen-bond donors (Lipinski definition) is 1. The Kier molecular flexibility index (Phi) is 5.92. The number of carbonyl (C=O) groups is 3. The molecular weight excluding hydrogens is 426 g/mol. The van der Waals surface area contributed by atoms with Crippen LogP contribution >= 0.6 is 11.8 Å². The van der Waals surface area contributed by atoms with Crippen LogP contribution in [0.4, 0.5) is 10.5 Å². The Morgan fingerprint density at radius 1 is 1.16 bits per heavy atom. The van der Waals surface area contributed by atoms with E-state index in [1.54, 1.807) is 54.6 Å². The van der Waals surface area contributed by atoms with Crippen LogP contribution in [0, 0.1) is 18.3 Å². The van der Waals surface area contributed by atoms with Crippen LogP contribution in [0.15, 0.2) is 70.0 Å². The second kappa shape index (κ2) is 8.96. The average molecular weight is 443 g/mol. The Labute approximate surface area is 188 Å². The van der Waals surface area contributed by atoms with Gasteiger partial charge in [-0.15, -0.1) is 0 Å². The summed E-state index contributed by atoms with van der Waals surface area (Å²) >= 11 is 0.746. The number of imide groups is 1. The second-order valence-electron chi connectivity index (χ2n) is 7.04. The van der Waals surface area contributed by atoms with Gasteiger partial charge >= 0.3 is 0 Å². The summed E-state index contributed by atoms with van der Waals surface area (Å²) in [7, 11) is 0. The van der Waals surface area contributed by atoms with Gasteiger partial charge < -0.3 is 9.73 Å². The molecule has 0 aliphatic carbocycles. The lowest BCUT2D eigenvalue weighted by molar-refractivity contribution is -0.127. The Morgan fingerprint density at radius 3 is 2.75 bits per heavy atom. The van der Waals surface area contributed by atoms with Crippen molar-refractivity contribution in [1.29, 1.82) is 5.26 Å². The number of carbonyl (C=O) groups excluding carboxylic acids is 3. The van der Waals surface area contributed by atoms with Crippen molar-refractivity contribution in [2.24, 2.45) is 0 Å². The van der Waals surface area contributed by atoms with Crippen molar-refractivity contribution in [1.82, 2.24) is 4.90 Å². The predicted octanol–water partition coefficient (Wildman–Crippen LogP) is 4.80. The number of anilines is 1. The fourth-order valence-electron chi connectivity index (χ4n) is 3.20. The minimum Gasteiger partial charge on any atom is -0.457 e. The molecule has 2 heterocycles.